The zero-order valence-electron chi connectivity index (χ0n) is 8.05. The number of rotatable bonds is 2. The van der Waals surface area contributed by atoms with Crippen LogP contribution in [-0.4, -0.2) is 49.6 Å². The van der Waals surface area contributed by atoms with Gasteiger partial charge in [0.1, 0.15) is 0 Å². The van der Waals surface area contributed by atoms with Crippen LogP contribution in [0.15, 0.2) is 0 Å². The maximum absolute atomic E-state index is 11.5. The van der Waals surface area contributed by atoms with E-state index in [0.29, 0.717) is 6.04 Å². The number of nitrogens with one attached hydrogen (secondary N) is 2. The van der Waals surface area contributed by atoms with Crippen LogP contribution in [0.1, 0.15) is 12.8 Å². The summed E-state index contributed by atoms with van der Waals surface area (Å²) in [5.74, 6) is 0.256. The van der Waals surface area contributed by atoms with Crippen LogP contribution in [0.2, 0.25) is 0 Å². The van der Waals surface area contributed by atoms with Crippen molar-refractivity contribution in [1.29, 1.82) is 0 Å². The molecule has 4 nitrogen and oxygen atoms in total. The third-order valence-corrected chi connectivity index (χ3v) is 2.92. The Kier molecular flexibility index (Phi) is 2.51. The summed E-state index contributed by atoms with van der Waals surface area (Å²) in [6.07, 6.45) is 2.11. The third kappa shape index (κ3) is 1.84. The molecular weight excluding hydrogens is 166 g/mol. The van der Waals surface area contributed by atoms with E-state index in [4.69, 9.17) is 0 Å². The first-order valence-corrected chi connectivity index (χ1v) is 4.99. The number of hydrogen-bond acceptors (Lipinski definition) is 3. The van der Waals surface area contributed by atoms with Crippen molar-refractivity contribution in [2.75, 3.05) is 26.7 Å². The SMILES string of the molecule is CN1CCC(NC2CCNC2)C1=O. The minimum atomic E-state index is 0.0786. The van der Waals surface area contributed by atoms with Gasteiger partial charge in [-0.25, -0.2) is 0 Å². The van der Waals surface area contributed by atoms with Crippen LogP contribution >= 0.6 is 0 Å². The molecule has 0 radical (unpaired) electrons. The average Bonchev–Trinajstić information content (AvgIpc) is 2.71. The molecule has 2 saturated heterocycles. The van der Waals surface area contributed by atoms with Gasteiger partial charge in [-0.15, -0.1) is 0 Å². The topological polar surface area (TPSA) is 44.4 Å². The summed E-state index contributed by atoms with van der Waals surface area (Å²) < 4.78 is 0. The van der Waals surface area contributed by atoms with Crippen LogP contribution in [0.3, 0.4) is 0 Å². The van der Waals surface area contributed by atoms with Crippen LogP contribution in [0.25, 0.3) is 0 Å². The normalized spacial score (nSPS) is 34.5. The summed E-state index contributed by atoms with van der Waals surface area (Å²) >= 11 is 0. The van der Waals surface area contributed by atoms with E-state index >= 15 is 0 Å². The molecule has 0 spiro atoms. The van der Waals surface area contributed by atoms with E-state index in [0.717, 1.165) is 32.5 Å². The van der Waals surface area contributed by atoms with Gasteiger partial charge < -0.3 is 15.5 Å². The maximum Gasteiger partial charge on any atom is 0.239 e. The Morgan fingerprint density at radius 2 is 2.38 bits per heavy atom. The van der Waals surface area contributed by atoms with Gasteiger partial charge in [0.25, 0.3) is 0 Å². The van der Waals surface area contributed by atoms with Crippen LogP contribution < -0.4 is 10.6 Å². The van der Waals surface area contributed by atoms with Crippen LogP contribution in [-0.2, 0) is 4.79 Å². The molecule has 0 aromatic heterocycles. The Hall–Kier alpha value is -0.610. The van der Waals surface area contributed by atoms with Crippen molar-refractivity contribution in [3.63, 3.8) is 0 Å². The summed E-state index contributed by atoms with van der Waals surface area (Å²) in [7, 11) is 1.87. The van der Waals surface area contributed by atoms with Gasteiger partial charge in [0.05, 0.1) is 6.04 Å². The molecule has 2 fully saturated rings. The second-order valence-corrected chi connectivity index (χ2v) is 3.96. The minimum Gasteiger partial charge on any atom is -0.344 e. The number of amides is 1. The van der Waals surface area contributed by atoms with Crippen molar-refractivity contribution in [1.82, 2.24) is 15.5 Å². The molecule has 0 aromatic carbocycles. The summed E-state index contributed by atoms with van der Waals surface area (Å²) in [5.41, 5.74) is 0. The fraction of sp³-hybridized carbons (Fsp3) is 0.889. The molecule has 2 N–H and O–H groups in total. The van der Waals surface area contributed by atoms with Crippen molar-refractivity contribution in [2.24, 2.45) is 0 Å². The third-order valence-electron chi connectivity index (χ3n) is 2.92. The van der Waals surface area contributed by atoms with E-state index < -0.39 is 0 Å². The number of likely N-dealkylation sites (N-methyl/N-ethyl adjacent to an activating group) is 1. The molecule has 0 saturated carbocycles. The largest absolute Gasteiger partial charge is 0.344 e. The molecule has 0 bridgehead atoms. The smallest absolute Gasteiger partial charge is 0.239 e. The summed E-state index contributed by atoms with van der Waals surface area (Å²) in [4.78, 5) is 13.3. The van der Waals surface area contributed by atoms with Gasteiger partial charge in [-0.3, -0.25) is 4.79 Å². The Bertz CT molecular complexity index is 201. The van der Waals surface area contributed by atoms with E-state index in [1.165, 1.54) is 0 Å². The Morgan fingerprint density at radius 3 is 2.92 bits per heavy atom. The molecule has 0 aromatic rings. The summed E-state index contributed by atoms with van der Waals surface area (Å²) in [5, 5.41) is 6.69. The van der Waals surface area contributed by atoms with Gasteiger partial charge >= 0.3 is 0 Å². The zero-order chi connectivity index (χ0) is 9.26. The summed E-state index contributed by atoms with van der Waals surface area (Å²) in [6.45, 7) is 2.98. The second kappa shape index (κ2) is 3.64. The summed E-state index contributed by atoms with van der Waals surface area (Å²) in [6, 6.07) is 0.579. The van der Waals surface area contributed by atoms with Crippen molar-refractivity contribution in [3.8, 4) is 0 Å². The zero-order valence-corrected chi connectivity index (χ0v) is 8.05. The molecule has 0 aliphatic carbocycles. The van der Waals surface area contributed by atoms with E-state index in [1.54, 1.807) is 4.90 Å². The standard InChI is InChI=1S/C9H17N3O/c1-12-5-3-8(9(12)13)11-7-2-4-10-6-7/h7-8,10-11H,2-6H2,1H3. The number of nitrogens with zero attached hydrogens (tertiary/aromatic N) is 1. The molecule has 13 heavy (non-hydrogen) atoms. The minimum absolute atomic E-state index is 0.0786. The molecular formula is C9H17N3O. The van der Waals surface area contributed by atoms with Crippen molar-refractivity contribution >= 4 is 5.91 Å². The highest BCUT2D eigenvalue weighted by molar-refractivity contribution is 5.83. The number of likely N-dealkylation sites (tertiary alicyclic amines) is 1. The molecule has 2 unspecified atom stereocenters. The van der Waals surface area contributed by atoms with Crippen molar-refractivity contribution in [3.05, 3.63) is 0 Å². The van der Waals surface area contributed by atoms with Crippen molar-refractivity contribution in [2.45, 2.75) is 24.9 Å². The molecule has 74 valence electrons. The fourth-order valence-electron chi connectivity index (χ4n) is 2.06. The Morgan fingerprint density at radius 1 is 1.54 bits per heavy atom. The highest BCUT2D eigenvalue weighted by Gasteiger charge is 2.31. The first kappa shape index (κ1) is 8.97. The molecule has 2 rings (SSSR count). The lowest BCUT2D eigenvalue weighted by Gasteiger charge is -2.16. The lowest BCUT2D eigenvalue weighted by atomic mass is 10.2. The number of carbonyl (C=O) groups excluding carboxylic acids is 1. The van der Waals surface area contributed by atoms with Gasteiger partial charge in [0.15, 0.2) is 0 Å². The van der Waals surface area contributed by atoms with Gasteiger partial charge in [0, 0.05) is 26.2 Å². The first-order valence-electron chi connectivity index (χ1n) is 4.99. The van der Waals surface area contributed by atoms with Gasteiger partial charge in [0.2, 0.25) is 5.91 Å². The Labute approximate surface area is 78.7 Å². The molecule has 2 aliphatic rings. The molecule has 2 atom stereocenters. The van der Waals surface area contributed by atoms with E-state index in [1.807, 2.05) is 7.05 Å². The molecule has 1 amide bonds. The molecule has 4 heteroatoms. The van der Waals surface area contributed by atoms with E-state index in [2.05, 4.69) is 10.6 Å². The van der Waals surface area contributed by atoms with Crippen LogP contribution in [0, 0.1) is 0 Å². The highest BCUT2D eigenvalue weighted by atomic mass is 16.2. The Balaban J connectivity index is 1.84. The van der Waals surface area contributed by atoms with Crippen LogP contribution in [0.4, 0.5) is 0 Å². The van der Waals surface area contributed by atoms with Gasteiger partial charge in [-0.05, 0) is 19.4 Å². The van der Waals surface area contributed by atoms with Gasteiger partial charge in [-0.2, -0.15) is 0 Å². The fourth-order valence-corrected chi connectivity index (χ4v) is 2.06. The number of carbonyl (C=O) groups is 1. The van der Waals surface area contributed by atoms with E-state index in [9.17, 15) is 4.79 Å². The monoisotopic (exact) mass is 183 g/mol. The number of hydrogen-bond donors (Lipinski definition) is 2. The lowest BCUT2D eigenvalue weighted by molar-refractivity contribution is -0.128. The van der Waals surface area contributed by atoms with Gasteiger partial charge in [-0.1, -0.05) is 0 Å². The maximum atomic E-state index is 11.5. The highest BCUT2D eigenvalue weighted by Crippen LogP contribution is 2.10. The lowest BCUT2D eigenvalue weighted by Crippen LogP contribution is -2.43. The van der Waals surface area contributed by atoms with E-state index in [-0.39, 0.29) is 11.9 Å². The second-order valence-electron chi connectivity index (χ2n) is 3.96. The van der Waals surface area contributed by atoms with Crippen LogP contribution in [0.5, 0.6) is 0 Å². The first-order chi connectivity index (χ1) is 6.27. The quantitative estimate of drug-likeness (QED) is 0.587. The molecule has 2 aliphatic heterocycles. The molecule has 2 heterocycles. The predicted molar refractivity (Wildman–Crippen MR) is 50.5 cm³/mol. The van der Waals surface area contributed by atoms with Crippen molar-refractivity contribution < 1.29 is 4.79 Å². The average molecular weight is 183 g/mol. The predicted octanol–water partition coefficient (Wildman–Crippen LogP) is -0.831.